The predicted molar refractivity (Wildman–Crippen MR) is 66.6 cm³/mol. The van der Waals surface area contributed by atoms with E-state index in [1.807, 2.05) is 0 Å². The molecule has 0 radical (unpaired) electrons. The number of nitrogens with two attached hydrogens (primary N) is 1. The fraction of sp³-hybridized carbons (Fsp3) is 1.00. The van der Waals surface area contributed by atoms with Gasteiger partial charge in [-0.1, -0.05) is 6.92 Å². The molecule has 2 heteroatoms. The van der Waals surface area contributed by atoms with Crippen LogP contribution in [-0.4, -0.2) is 17.6 Å². The number of hydrazine groups is 1. The summed E-state index contributed by atoms with van der Waals surface area (Å²) in [5, 5.41) is 2.09. The van der Waals surface area contributed by atoms with Crippen LogP contribution < -0.4 is 5.84 Å². The molecule has 1 unspecified atom stereocenters. The van der Waals surface area contributed by atoms with E-state index in [-0.39, 0.29) is 0 Å². The summed E-state index contributed by atoms with van der Waals surface area (Å²) in [6.45, 7) is 5.54. The van der Waals surface area contributed by atoms with E-state index in [9.17, 15) is 0 Å². The van der Waals surface area contributed by atoms with E-state index in [1.54, 1.807) is 0 Å². The van der Waals surface area contributed by atoms with Gasteiger partial charge in [-0.25, -0.2) is 5.01 Å². The first kappa shape index (κ1) is 11.0. The Labute approximate surface area is 99.5 Å². The van der Waals surface area contributed by atoms with Crippen LogP contribution in [0.4, 0.5) is 0 Å². The van der Waals surface area contributed by atoms with Crippen LogP contribution in [0.2, 0.25) is 0 Å². The first-order valence-electron chi connectivity index (χ1n) is 7.14. The van der Waals surface area contributed by atoms with Crippen LogP contribution in [0.3, 0.4) is 0 Å². The minimum atomic E-state index is 0.583. The lowest BCUT2D eigenvalue weighted by Crippen LogP contribution is -2.57. The molecular formula is C14H26N2. The lowest BCUT2D eigenvalue weighted by atomic mass is 9.48. The van der Waals surface area contributed by atoms with Gasteiger partial charge in [0.2, 0.25) is 0 Å². The molecule has 0 spiro atoms. The Morgan fingerprint density at radius 2 is 1.56 bits per heavy atom. The maximum absolute atomic E-state index is 6.17. The molecule has 0 aromatic rings. The van der Waals surface area contributed by atoms with E-state index >= 15 is 0 Å². The second kappa shape index (κ2) is 3.71. The summed E-state index contributed by atoms with van der Waals surface area (Å²) in [5.41, 5.74) is 0.583. The van der Waals surface area contributed by atoms with E-state index < -0.39 is 0 Å². The summed E-state index contributed by atoms with van der Waals surface area (Å²) in [4.78, 5) is 0. The Hall–Kier alpha value is -0.0800. The van der Waals surface area contributed by atoms with Gasteiger partial charge in [-0.05, 0) is 68.6 Å². The molecule has 0 heterocycles. The Morgan fingerprint density at radius 1 is 1.12 bits per heavy atom. The first-order valence-corrected chi connectivity index (χ1v) is 7.14. The monoisotopic (exact) mass is 222 g/mol. The van der Waals surface area contributed by atoms with Crippen LogP contribution in [0.1, 0.15) is 52.4 Å². The van der Waals surface area contributed by atoms with Crippen LogP contribution in [0.15, 0.2) is 0 Å². The van der Waals surface area contributed by atoms with Gasteiger partial charge in [-0.2, -0.15) is 0 Å². The van der Waals surface area contributed by atoms with Crippen molar-refractivity contribution in [3.05, 3.63) is 0 Å². The van der Waals surface area contributed by atoms with E-state index in [4.69, 9.17) is 5.84 Å². The molecule has 4 bridgehead atoms. The zero-order valence-electron chi connectivity index (χ0n) is 10.8. The molecule has 1 atom stereocenters. The topological polar surface area (TPSA) is 29.3 Å². The normalized spacial score (nSPS) is 47.6. The molecule has 4 rings (SSSR count). The molecule has 4 saturated carbocycles. The maximum Gasteiger partial charge on any atom is 0.0269 e. The highest BCUT2D eigenvalue weighted by Crippen LogP contribution is 2.61. The van der Waals surface area contributed by atoms with Gasteiger partial charge in [0.15, 0.2) is 0 Å². The third-order valence-corrected chi connectivity index (χ3v) is 5.83. The van der Waals surface area contributed by atoms with Crippen molar-refractivity contribution < 1.29 is 0 Å². The third-order valence-electron chi connectivity index (χ3n) is 5.83. The van der Waals surface area contributed by atoms with E-state index in [1.165, 1.54) is 38.5 Å². The summed E-state index contributed by atoms with van der Waals surface area (Å²) in [5.74, 6) is 9.29. The summed E-state index contributed by atoms with van der Waals surface area (Å²) < 4.78 is 0. The van der Waals surface area contributed by atoms with Crippen molar-refractivity contribution in [2.24, 2.45) is 29.0 Å². The molecule has 0 aromatic heterocycles. The number of hydrogen-bond acceptors (Lipinski definition) is 2. The molecule has 0 aliphatic heterocycles. The van der Waals surface area contributed by atoms with Gasteiger partial charge in [0.1, 0.15) is 0 Å². The van der Waals surface area contributed by atoms with Crippen molar-refractivity contribution in [3.8, 4) is 0 Å². The van der Waals surface area contributed by atoms with Gasteiger partial charge in [-0.3, -0.25) is 5.84 Å². The van der Waals surface area contributed by atoms with Gasteiger partial charge in [0, 0.05) is 12.6 Å². The summed E-state index contributed by atoms with van der Waals surface area (Å²) in [7, 11) is 0. The Balaban J connectivity index is 1.82. The number of rotatable bonds is 3. The Morgan fingerprint density at radius 3 is 1.94 bits per heavy atom. The molecule has 0 saturated heterocycles. The highest BCUT2D eigenvalue weighted by molar-refractivity contribution is 5.05. The minimum absolute atomic E-state index is 0.583. The van der Waals surface area contributed by atoms with Crippen molar-refractivity contribution in [3.63, 3.8) is 0 Å². The minimum Gasteiger partial charge on any atom is -0.269 e. The van der Waals surface area contributed by atoms with E-state index in [0.29, 0.717) is 11.5 Å². The lowest BCUT2D eigenvalue weighted by Gasteiger charge is -2.60. The largest absolute Gasteiger partial charge is 0.269 e. The molecule has 0 amide bonds. The zero-order valence-corrected chi connectivity index (χ0v) is 10.8. The maximum atomic E-state index is 6.17. The molecule has 0 aromatic carbocycles. The molecule has 2 nitrogen and oxygen atoms in total. The van der Waals surface area contributed by atoms with Crippen LogP contribution >= 0.6 is 0 Å². The molecular weight excluding hydrogens is 196 g/mol. The average molecular weight is 222 g/mol. The van der Waals surface area contributed by atoms with Crippen molar-refractivity contribution >= 4 is 0 Å². The smallest absolute Gasteiger partial charge is 0.0269 e. The highest BCUT2D eigenvalue weighted by Gasteiger charge is 2.53. The Bertz CT molecular complexity index is 239. The summed E-state index contributed by atoms with van der Waals surface area (Å²) in [6, 6.07) is 0.589. The molecule has 4 aliphatic carbocycles. The van der Waals surface area contributed by atoms with Gasteiger partial charge in [0.25, 0.3) is 0 Å². The fourth-order valence-electron chi connectivity index (χ4n) is 5.31. The lowest BCUT2D eigenvalue weighted by molar-refractivity contribution is -0.0963. The average Bonchev–Trinajstić information content (AvgIpc) is 2.25. The van der Waals surface area contributed by atoms with Crippen LogP contribution in [-0.2, 0) is 0 Å². The molecule has 2 N–H and O–H groups in total. The van der Waals surface area contributed by atoms with Crippen molar-refractivity contribution in [2.45, 2.75) is 58.4 Å². The number of hydrogen-bond donors (Lipinski definition) is 1. The van der Waals surface area contributed by atoms with E-state index in [0.717, 1.165) is 24.3 Å². The first-order chi connectivity index (χ1) is 7.63. The summed E-state index contributed by atoms with van der Waals surface area (Å²) in [6.07, 6.45) is 8.99. The van der Waals surface area contributed by atoms with Gasteiger partial charge < -0.3 is 0 Å². The van der Waals surface area contributed by atoms with Gasteiger partial charge >= 0.3 is 0 Å². The van der Waals surface area contributed by atoms with Gasteiger partial charge in [-0.15, -0.1) is 0 Å². The highest BCUT2D eigenvalue weighted by atomic mass is 15.4. The van der Waals surface area contributed by atoms with Crippen LogP contribution in [0.5, 0.6) is 0 Å². The van der Waals surface area contributed by atoms with Crippen molar-refractivity contribution in [1.29, 1.82) is 0 Å². The van der Waals surface area contributed by atoms with E-state index in [2.05, 4.69) is 18.9 Å². The predicted octanol–water partition coefficient (Wildman–Crippen LogP) is 2.79. The van der Waals surface area contributed by atoms with Gasteiger partial charge in [0.05, 0.1) is 0 Å². The van der Waals surface area contributed by atoms with Crippen LogP contribution in [0.25, 0.3) is 0 Å². The molecule has 16 heavy (non-hydrogen) atoms. The zero-order chi connectivity index (χ0) is 11.3. The third kappa shape index (κ3) is 1.53. The fourth-order valence-corrected chi connectivity index (χ4v) is 5.31. The molecule has 92 valence electrons. The second-order valence-electron chi connectivity index (χ2n) is 6.79. The van der Waals surface area contributed by atoms with Crippen molar-refractivity contribution in [1.82, 2.24) is 5.01 Å². The van der Waals surface area contributed by atoms with Crippen molar-refractivity contribution in [2.75, 3.05) is 6.54 Å². The quantitative estimate of drug-likeness (QED) is 0.588. The second-order valence-corrected chi connectivity index (χ2v) is 6.79. The molecule has 4 aliphatic rings. The van der Waals surface area contributed by atoms with Crippen LogP contribution in [0, 0.1) is 23.2 Å². The number of nitrogens with zero attached hydrogens (tertiary/aromatic N) is 1. The SMILES string of the molecule is CCN(N)C(C)C12CC3CC(CC(C3)C1)C2. The standard InChI is InChI=1S/C14H26N2/c1-3-16(15)10(2)14-7-11-4-12(8-14)6-13(5-11)9-14/h10-13H,3-9,15H2,1-2H3. The Kier molecular flexibility index (Phi) is 2.56. The summed E-state index contributed by atoms with van der Waals surface area (Å²) >= 11 is 0. The molecule has 4 fully saturated rings.